The van der Waals surface area contributed by atoms with Crippen molar-refractivity contribution >= 4 is 11.8 Å². The highest BCUT2D eigenvalue weighted by Gasteiger charge is 2.26. The number of nitrogens with one attached hydrogen (secondary N) is 1. The molecular weight excluding hydrogens is 352 g/mol. The van der Waals surface area contributed by atoms with Gasteiger partial charge in [-0.1, -0.05) is 62.4 Å². The predicted molar refractivity (Wildman–Crippen MR) is 111 cm³/mol. The maximum absolute atomic E-state index is 12.9. The average Bonchev–Trinajstić information content (AvgIpc) is 2.69. The summed E-state index contributed by atoms with van der Waals surface area (Å²) in [6.07, 6.45) is 0. The number of benzene rings is 2. The SMILES string of the molecule is Cc1ccccc1OCC(=O)N(Cc1ccccc1)[C@@H](C)C(=O)NCC(C)C. The van der Waals surface area contributed by atoms with Crippen molar-refractivity contribution < 1.29 is 14.3 Å². The summed E-state index contributed by atoms with van der Waals surface area (Å²) in [7, 11) is 0. The first-order chi connectivity index (χ1) is 13.4. The van der Waals surface area contributed by atoms with Gasteiger partial charge in [0.05, 0.1) is 0 Å². The van der Waals surface area contributed by atoms with Crippen molar-refractivity contribution in [3.05, 3.63) is 65.7 Å². The number of rotatable bonds is 9. The molecule has 2 rings (SSSR count). The van der Waals surface area contributed by atoms with Crippen LogP contribution < -0.4 is 10.1 Å². The van der Waals surface area contributed by atoms with Gasteiger partial charge in [-0.25, -0.2) is 0 Å². The molecule has 5 nitrogen and oxygen atoms in total. The van der Waals surface area contributed by atoms with E-state index >= 15 is 0 Å². The Hall–Kier alpha value is -2.82. The van der Waals surface area contributed by atoms with Crippen molar-refractivity contribution in [1.29, 1.82) is 0 Å². The Morgan fingerprint density at radius 2 is 1.64 bits per heavy atom. The number of carbonyl (C=O) groups is 2. The zero-order valence-electron chi connectivity index (χ0n) is 17.1. The summed E-state index contributed by atoms with van der Waals surface area (Å²) in [4.78, 5) is 27.1. The number of para-hydroxylation sites is 1. The molecule has 0 aliphatic carbocycles. The van der Waals surface area contributed by atoms with E-state index in [1.54, 1.807) is 11.8 Å². The fraction of sp³-hybridized carbons (Fsp3) is 0.391. The van der Waals surface area contributed by atoms with Gasteiger partial charge in [0, 0.05) is 13.1 Å². The molecule has 0 saturated carbocycles. The first-order valence-electron chi connectivity index (χ1n) is 9.68. The monoisotopic (exact) mass is 382 g/mol. The van der Waals surface area contributed by atoms with Gasteiger partial charge < -0.3 is 15.0 Å². The van der Waals surface area contributed by atoms with Gasteiger partial charge in [-0.2, -0.15) is 0 Å². The van der Waals surface area contributed by atoms with Crippen molar-refractivity contribution in [3.63, 3.8) is 0 Å². The molecular formula is C23H30N2O3. The first kappa shape index (κ1) is 21.5. The maximum Gasteiger partial charge on any atom is 0.261 e. The first-order valence-corrected chi connectivity index (χ1v) is 9.68. The molecule has 2 aromatic carbocycles. The minimum atomic E-state index is -0.591. The van der Waals surface area contributed by atoms with E-state index in [0.717, 1.165) is 11.1 Å². The van der Waals surface area contributed by atoms with E-state index < -0.39 is 6.04 Å². The van der Waals surface area contributed by atoms with Crippen LogP contribution in [0.25, 0.3) is 0 Å². The van der Waals surface area contributed by atoms with Gasteiger partial charge in [0.2, 0.25) is 5.91 Å². The van der Waals surface area contributed by atoms with Gasteiger partial charge in [0.15, 0.2) is 6.61 Å². The average molecular weight is 383 g/mol. The topological polar surface area (TPSA) is 58.6 Å². The van der Waals surface area contributed by atoms with Crippen LogP contribution in [0.4, 0.5) is 0 Å². The number of carbonyl (C=O) groups excluding carboxylic acids is 2. The second-order valence-corrected chi connectivity index (χ2v) is 7.38. The van der Waals surface area contributed by atoms with Crippen LogP contribution in [-0.2, 0) is 16.1 Å². The molecule has 0 radical (unpaired) electrons. The highest BCUT2D eigenvalue weighted by molar-refractivity contribution is 5.88. The molecule has 0 heterocycles. The van der Waals surface area contributed by atoms with E-state index in [1.165, 1.54) is 0 Å². The number of nitrogens with zero attached hydrogens (tertiary/aromatic N) is 1. The quantitative estimate of drug-likeness (QED) is 0.721. The molecule has 28 heavy (non-hydrogen) atoms. The summed E-state index contributed by atoms with van der Waals surface area (Å²) in [6.45, 7) is 8.58. The van der Waals surface area contributed by atoms with Gasteiger partial charge in [-0.15, -0.1) is 0 Å². The molecule has 0 aliphatic heterocycles. The third-order valence-corrected chi connectivity index (χ3v) is 4.49. The van der Waals surface area contributed by atoms with Crippen LogP contribution in [0.5, 0.6) is 5.75 Å². The summed E-state index contributed by atoms with van der Waals surface area (Å²) >= 11 is 0. The lowest BCUT2D eigenvalue weighted by Gasteiger charge is -2.29. The van der Waals surface area contributed by atoms with Crippen molar-refractivity contribution in [2.75, 3.05) is 13.2 Å². The zero-order valence-corrected chi connectivity index (χ0v) is 17.1. The lowest BCUT2D eigenvalue weighted by atomic mass is 10.1. The summed E-state index contributed by atoms with van der Waals surface area (Å²) in [5.41, 5.74) is 1.93. The van der Waals surface area contributed by atoms with Crippen molar-refractivity contribution in [2.24, 2.45) is 5.92 Å². The standard InChI is InChI=1S/C23H30N2O3/c1-17(2)14-24-23(27)19(4)25(15-20-11-6-5-7-12-20)22(26)16-28-21-13-9-8-10-18(21)3/h5-13,17,19H,14-16H2,1-4H3,(H,24,27)/t19-/m0/s1. The molecule has 0 spiro atoms. The Bertz CT molecular complexity index is 774. The molecule has 0 bridgehead atoms. The Kier molecular flexibility index (Phi) is 8.05. The normalized spacial score (nSPS) is 11.8. The maximum atomic E-state index is 12.9. The fourth-order valence-electron chi connectivity index (χ4n) is 2.76. The molecule has 2 amide bonds. The van der Waals surface area contributed by atoms with Gasteiger partial charge in [0.25, 0.3) is 5.91 Å². The molecule has 0 fully saturated rings. The van der Waals surface area contributed by atoms with Crippen LogP contribution in [0.3, 0.4) is 0 Å². The summed E-state index contributed by atoms with van der Waals surface area (Å²) < 4.78 is 5.72. The highest BCUT2D eigenvalue weighted by Crippen LogP contribution is 2.17. The van der Waals surface area contributed by atoms with Crippen molar-refractivity contribution in [3.8, 4) is 5.75 Å². The Balaban J connectivity index is 2.11. The van der Waals surface area contributed by atoms with Gasteiger partial charge >= 0.3 is 0 Å². The lowest BCUT2D eigenvalue weighted by Crippen LogP contribution is -2.49. The molecule has 0 unspecified atom stereocenters. The van der Waals surface area contributed by atoms with Crippen molar-refractivity contribution in [2.45, 2.75) is 40.3 Å². The summed E-state index contributed by atoms with van der Waals surface area (Å²) in [6, 6.07) is 16.6. The smallest absolute Gasteiger partial charge is 0.261 e. The molecule has 1 atom stereocenters. The predicted octanol–water partition coefficient (Wildman–Crippen LogP) is 3.56. The minimum absolute atomic E-state index is 0.112. The second kappa shape index (κ2) is 10.5. The zero-order chi connectivity index (χ0) is 20.5. The fourth-order valence-corrected chi connectivity index (χ4v) is 2.76. The van der Waals surface area contributed by atoms with E-state index in [4.69, 9.17) is 4.74 Å². The van der Waals surface area contributed by atoms with Crippen molar-refractivity contribution in [1.82, 2.24) is 10.2 Å². The Morgan fingerprint density at radius 1 is 1.00 bits per heavy atom. The van der Waals surface area contributed by atoms with Gasteiger partial charge in [0.1, 0.15) is 11.8 Å². The summed E-state index contributed by atoms with van der Waals surface area (Å²) in [5, 5.41) is 2.91. The molecule has 150 valence electrons. The minimum Gasteiger partial charge on any atom is -0.484 e. The molecule has 5 heteroatoms. The largest absolute Gasteiger partial charge is 0.484 e. The number of aryl methyl sites for hydroxylation is 1. The number of hydrogen-bond acceptors (Lipinski definition) is 3. The van der Waals surface area contributed by atoms with Crippen LogP contribution in [0.15, 0.2) is 54.6 Å². The van der Waals surface area contributed by atoms with Crippen LogP contribution in [0.2, 0.25) is 0 Å². The van der Waals surface area contributed by atoms with E-state index in [9.17, 15) is 9.59 Å². The third-order valence-electron chi connectivity index (χ3n) is 4.49. The molecule has 0 aromatic heterocycles. The van der Waals surface area contributed by atoms with Gasteiger partial charge in [-0.05, 0) is 37.0 Å². The van der Waals surface area contributed by atoms with Crippen LogP contribution in [0, 0.1) is 12.8 Å². The molecule has 1 N–H and O–H groups in total. The van der Waals surface area contributed by atoms with Crippen LogP contribution >= 0.6 is 0 Å². The second-order valence-electron chi connectivity index (χ2n) is 7.38. The van der Waals surface area contributed by atoms with E-state index in [2.05, 4.69) is 5.32 Å². The molecule has 0 saturated heterocycles. The Labute approximate surface area is 167 Å². The molecule has 0 aliphatic rings. The van der Waals surface area contributed by atoms with E-state index in [0.29, 0.717) is 24.8 Å². The Morgan fingerprint density at radius 3 is 2.29 bits per heavy atom. The number of amides is 2. The lowest BCUT2D eigenvalue weighted by molar-refractivity contribution is -0.142. The molecule has 2 aromatic rings. The van der Waals surface area contributed by atoms with E-state index in [1.807, 2.05) is 75.4 Å². The number of hydrogen-bond donors (Lipinski definition) is 1. The van der Waals surface area contributed by atoms with Crippen LogP contribution in [-0.4, -0.2) is 35.9 Å². The van der Waals surface area contributed by atoms with Crippen LogP contribution in [0.1, 0.15) is 31.9 Å². The number of ether oxygens (including phenoxy) is 1. The van der Waals surface area contributed by atoms with E-state index in [-0.39, 0.29) is 18.4 Å². The third kappa shape index (κ3) is 6.41. The summed E-state index contributed by atoms with van der Waals surface area (Å²) in [5.74, 6) is 0.638. The highest BCUT2D eigenvalue weighted by atomic mass is 16.5. The van der Waals surface area contributed by atoms with Gasteiger partial charge in [-0.3, -0.25) is 9.59 Å².